The van der Waals surface area contributed by atoms with Crippen LogP contribution in [0.15, 0.2) is 0 Å². The average molecular weight is 364 g/mol. The van der Waals surface area contributed by atoms with Gasteiger partial charge in [-0.05, 0) is 90.5 Å². The largest absolute Gasteiger partial charge is 0.315 e. The van der Waals surface area contributed by atoms with E-state index in [4.69, 9.17) is 0 Å². The van der Waals surface area contributed by atoms with E-state index in [0.29, 0.717) is 0 Å². The van der Waals surface area contributed by atoms with Gasteiger partial charge in [-0.25, -0.2) is 0 Å². The molecule has 152 valence electrons. The van der Waals surface area contributed by atoms with Gasteiger partial charge in [0.05, 0.1) is 0 Å². The lowest BCUT2D eigenvalue weighted by Crippen LogP contribution is -2.49. The fourth-order valence-electron chi connectivity index (χ4n) is 6.18. The van der Waals surface area contributed by atoms with Crippen molar-refractivity contribution in [3.63, 3.8) is 0 Å². The summed E-state index contributed by atoms with van der Waals surface area (Å²) in [4.78, 5) is 5.48. The summed E-state index contributed by atoms with van der Waals surface area (Å²) in [5.41, 5.74) is 0. The molecule has 0 aromatic heterocycles. The molecule has 26 heavy (non-hydrogen) atoms. The maximum absolute atomic E-state index is 3.49. The molecular formula is C23H45N3. The Morgan fingerprint density at radius 2 is 1.15 bits per heavy atom. The lowest BCUT2D eigenvalue weighted by Gasteiger charge is -2.37. The maximum atomic E-state index is 3.49. The first-order valence-corrected chi connectivity index (χ1v) is 12.0. The van der Waals surface area contributed by atoms with Gasteiger partial charge in [0.1, 0.15) is 0 Å². The van der Waals surface area contributed by atoms with Crippen molar-refractivity contribution in [2.45, 2.75) is 109 Å². The molecule has 4 atom stereocenters. The van der Waals surface area contributed by atoms with E-state index in [1.54, 1.807) is 0 Å². The molecule has 0 radical (unpaired) electrons. The van der Waals surface area contributed by atoms with Gasteiger partial charge in [-0.2, -0.15) is 0 Å². The first-order valence-electron chi connectivity index (χ1n) is 12.0. The molecule has 0 bridgehead atoms. The Morgan fingerprint density at radius 1 is 0.654 bits per heavy atom. The predicted octanol–water partition coefficient (Wildman–Crippen LogP) is 4.66. The lowest BCUT2D eigenvalue weighted by atomic mass is 9.82. The molecule has 0 aromatic carbocycles. The third-order valence-electron chi connectivity index (χ3n) is 7.71. The molecule has 4 fully saturated rings. The van der Waals surface area contributed by atoms with E-state index in [1.165, 1.54) is 110 Å². The summed E-state index contributed by atoms with van der Waals surface area (Å²) >= 11 is 0. The minimum absolute atomic E-state index is 0.770. The van der Waals surface area contributed by atoms with Crippen LogP contribution in [-0.4, -0.2) is 61.2 Å². The molecule has 3 nitrogen and oxygen atoms in total. The number of hydrogen-bond acceptors (Lipinski definition) is 3. The molecule has 2 heterocycles. The first kappa shape index (κ1) is 20.6. The van der Waals surface area contributed by atoms with E-state index >= 15 is 0 Å². The average Bonchev–Trinajstić information content (AvgIpc) is 3.42. The maximum Gasteiger partial charge on any atom is 0.0249 e. The number of nitrogens with one attached hydrogen (secondary N) is 1. The quantitative estimate of drug-likeness (QED) is 0.783. The zero-order chi connectivity index (χ0) is 18.2. The number of hydrogen-bond donors (Lipinski definition) is 1. The van der Waals surface area contributed by atoms with Crippen LogP contribution < -0.4 is 5.32 Å². The fraction of sp³-hybridized carbons (Fsp3) is 1.00. The third kappa shape index (κ3) is 5.45. The van der Waals surface area contributed by atoms with Crippen molar-refractivity contribution in [1.29, 1.82) is 0 Å². The second kappa shape index (κ2) is 11.0. The SMILES string of the molecule is CC[C@H]1CCCC[C@@H]1N1CCCC1.CN[C@H]1CCCC[C@@H]1N1CCCC1. The molecule has 4 aliphatic rings. The topological polar surface area (TPSA) is 18.5 Å². The smallest absolute Gasteiger partial charge is 0.0249 e. The van der Waals surface area contributed by atoms with Crippen LogP contribution in [0.2, 0.25) is 0 Å². The Kier molecular flexibility index (Phi) is 8.74. The van der Waals surface area contributed by atoms with Gasteiger partial charge in [-0.3, -0.25) is 4.90 Å². The molecule has 2 saturated heterocycles. The van der Waals surface area contributed by atoms with E-state index in [2.05, 4.69) is 29.1 Å². The molecule has 0 amide bonds. The summed E-state index contributed by atoms with van der Waals surface area (Å²) < 4.78 is 0. The lowest BCUT2D eigenvalue weighted by molar-refractivity contribution is 0.125. The third-order valence-corrected chi connectivity index (χ3v) is 7.71. The van der Waals surface area contributed by atoms with Crippen LogP contribution in [0, 0.1) is 5.92 Å². The van der Waals surface area contributed by atoms with Gasteiger partial charge in [0.15, 0.2) is 0 Å². The number of rotatable bonds is 4. The van der Waals surface area contributed by atoms with Crippen molar-refractivity contribution in [3.8, 4) is 0 Å². The number of likely N-dealkylation sites (N-methyl/N-ethyl adjacent to an activating group) is 1. The fourth-order valence-corrected chi connectivity index (χ4v) is 6.18. The Balaban J connectivity index is 0.000000151. The molecule has 2 aliphatic carbocycles. The van der Waals surface area contributed by atoms with Gasteiger partial charge in [-0.1, -0.05) is 39.0 Å². The van der Waals surface area contributed by atoms with Gasteiger partial charge in [0, 0.05) is 18.1 Å². The molecular weight excluding hydrogens is 318 g/mol. The minimum Gasteiger partial charge on any atom is -0.315 e. The first-order chi connectivity index (χ1) is 12.8. The Hall–Kier alpha value is -0.120. The Bertz CT molecular complexity index is 334. The van der Waals surface area contributed by atoms with E-state index in [0.717, 1.165) is 24.0 Å². The predicted molar refractivity (Wildman–Crippen MR) is 113 cm³/mol. The Morgan fingerprint density at radius 3 is 1.73 bits per heavy atom. The van der Waals surface area contributed by atoms with Crippen molar-refractivity contribution in [1.82, 2.24) is 15.1 Å². The van der Waals surface area contributed by atoms with Crippen LogP contribution in [-0.2, 0) is 0 Å². The van der Waals surface area contributed by atoms with Crippen molar-refractivity contribution in [3.05, 3.63) is 0 Å². The van der Waals surface area contributed by atoms with E-state index in [-0.39, 0.29) is 0 Å². The van der Waals surface area contributed by atoms with Gasteiger partial charge < -0.3 is 10.2 Å². The summed E-state index contributed by atoms with van der Waals surface area (Å²) in [6.07, 6.45) is 18.8. The van der Waals surface area contributed by atoms with Crippen molar-refractivity contribution < 1.29 is 0 Å². The molecule has 0 aromatic rings. The molecule has 1 N–H and O–H groups in total. The van der Waals surface area contributed by atoms with Crippen molar-refractivity contribution in [2.24, 2.45) is 5.92 Å². The van der Waals surface area contributed by atoms with Gasteiger partial charge in [-0.15, -0.1) is 0 Å². The molecule has 2 saturated carbocycles. The van der Waals surface area contributed by atoms with Gasteiger partial charge >= 0.3 is 0 Å². The minimum atomic E-state index is 0.770. The van der Waals surface area contributed by atoms with E-state index in [9.17, 15) is 0 Å². The van der Waals surface area contributed by atoms with Gasteiger partial charge in [0.2, 0.25) is 0 Å². The van der Waals surface area contributed by atoms with Crippen LogP contribution >= 0.6 is 0 Å². The van der Waals surface area contributed by atoms with Crippen LogP contribution in [0.25, 0.3) is 0 Å². The van der Waals surface area contributed by atoms with Crippen molar-refractivity contribution in [2.75, 3.05) is 33.2 Å². The van der Waals surface area contributed by atoms with Gasteiger partial charge in [0.25, 0.3) is 0 Å². The molecule has 2 aliphatic heterocycles. The highest BCUT2D eigenvalue weighted by Crippen LogP contribution is 2.32. The Labute approximate surface area is 163 Å². The van der Waals surface area contributed by atoms with Crippen LogP contribution in [0.4, 0.5) is 0 Å². The molecule has 4 rings (SSSR count). The van der Waals surface area contributed by atoms with Crippen LogP contribution in [0.5, 0.6) is 0 Å². The van der Waals surface area contributed by atoms with E-state index < -0.39 is 0 Å². The monoisotopic (exact) mass is 363 g/mol. The van der Waals surface area contributed by atoms with Crippen LogP contribution in [0.3, 0.4) is 0 Å². The summed E-state index contributed by atoms with van der Waals surface area (Å²) in [5.74, 6) is 1.02. The normalized spacial score (nSPS) is 36.7. The highest BCUT2D eigenvalue weighted by Gasteiger charge is 2.31. The van der Waals surface area contributed by atoms with Crippen LogP contribution in [0.1, 0.15) is 90.4 Å². The standard InChI is InChI=1S/C12H23N.C11H22N2/c1-2-11-7-3-4-8-12(11)13-9-5-6-10-13;1-12-10-6-2-3-7-11(10)13-8-4-5-9-13/h11-12H,2-10H2,1H3;10-12H,2-9H2,1H3/t11-,12-;10-,11-/m00/s1. The summed E-state index contributed by atoms with van der Waals surface area (Å²) in [5, 5.41) is 3.49. The summed E-state index contributed by atoms with van der Waals surface area (Å²) in [7, 11) is 2.12. The van der Waals surface area contributed by atoms with E-state index in [1.807, 2.05) is 0 Å². The highest BCUT2D eigenvalue weighted by molar-refractivity contribution is 4.89. The summed E-state index contributed by atoms with van der Waals surface area (Å²) in [6.45, 7) is 7.85. The zero-order valence-corrected chi connectivity index (χ0v) is 17.7. The van der Waals surface area contributed by atoms with Crippen molar-refractivity contribution >= 4 is 0 Å². The molecule has 0 spiro atoms. The highest BCUT2D eigenvalue weighted by atomic mass is 15.2. The second-order valence-corrected chi connectivity index (χ2v) is 9.25. The summed E-state index contributed by atoms with van der Waals surface area (Å²) in [6, 6.07) is 2.58. The number of likely N-dealkylation sites (tertiary alicyclic amines) is 2. The second-order valence-electron chi connectivity index (χ2n) is 9.25. The molecule has 0 unspecified atom stereocenters. The zero-order valence-electron chi connectivity index (χ0n) is 17.7. The number of nitrogens with zero attached hydrogens (tertiary/aromatic N) is 2. The molecule has 3 heteroatoms.